The van der Waals surface area contributed by atoms with Crippen molar-refractivity contribution in [2.45, 2.75) is 26.2 Å². The molecule has 0 amide bonds. The quantitative estimate of drug-likeness (QED) is 0.905. The number of hydrogen-bond donors (Lipinski definition) is 1. The molecule has 1 aromatic carbocycles. The van der Waals surface area contributed by atoms with Gasteiger partial charge in [0.25, 0.3) is 0 Å². The number of nitrogens with one attached hydrogen (secondary N) is 1. The highest BCUT2D eigenvalue weighted by molar-refractivity contribution is 5.40. The molecule has 2 unspecified atom stereocenters. The highest BCUT2D eigenvalue weighted by Gasteiger charge is 2.29. The predicted octanol–water partition coefficient (Wildman–Crippen LogP) is 3.05. The van der Waals surface area contributed by atoms with Crippen LogP contribution in [0, 0.1) is 11.8 Å². The van der Waals surface area contributed by atoms with Crippen molar-refractivity contribution < 1.29 is 9.47 Å². The summed E-state index contributed by atoms with van der Waals surface area (Å²) >= 11 is 0. The summed E-state index contributed by atoms with van der Waals surface area (Å²) in [7, 11) is 3.42. The molecular weight excluding hydrogens is 238 g/mol. The van der Waals surface area contributed by atoms with E-state index in [4.69, 9.17) is 9.47 Å². The van der Waals surface area contributed by atoms with Crippen molar-refractivity contribution in [1.29, 1.82) is 0 Å². The molecule has 3 heteroatoms. The SMILES string of the molecule is COc1cc(OC)cc(C2CCNCC2C(C)C)c1. The van der Waals surface area contributed by atoms with Gasteiger partial charge in [0.2, 0.25) is 0 Å². The molecule has 19 heavy (non-hydrogen) atoms. The van der Waals surface area contributed by atoms with E-state index in [9.17, 15) is 0 Å². The molecule has 0 bridgehead atoms. The van der Waals surface area contributed by atoms with Crippen LogP contribution >= 0.6 is 0 Å². The van der Waals surface area contributed by atoms with Gasteiger partial charge < -0.3 is 14.8 Å². The van der Waals surface area contributed by atoms with Crippen molar-refractivity contribution in [2.75, 3.05) is 27.3 Å². The summed E-state index contributed by atoms with van der Waals surface area (Å²) in [6.07, 6.45) is 1.18. The van der Waals surface area contributed by atoms with Gasteiger partial charge in [0, 0.05) is 6.07 Å². The Labute approximate surface area is 116 Å². The van der Waals surface area contributed by atoms with Gasteiger partial charge in [-0.2, -0.15) is 0 Å². The maximum atomic E-state index is 5.39. The Hall–Kier alpha value is -1.22. The van der Waals surface area contributed by atoms with Gasteiger partial charge in [-0.3, -0.25) is 0 Å². The maximum absolute atomic E-state index is 5.39. The smallest absolute Gasteiger partial charge is 0.122 e. The summed E-state index contributed by atoms with van der Waals surface area (Å²) in [5.74, 6) is 3.71. The number of ether oxygens (including phenoxy) is 2. The molecule has 1 aliphatic rings. The average Bonchev–Trinajstić information content (AvgIpc) is 2.46. The van der Waals surface area contributed by atoms with Crippen LogP contribution in [0.5, 0.6) is 11.5 Å². The molecule has 0 aromatic heterocycles. The third-order valence-electron chi connectivity index (χ3n) is 4.19. The van der Waals surface area contributed by atoms with Crippen LogP contribution in [-0.2, 0) is 0 Å². The van der Waals surface area contributed by atoms with Crippen LogP contribution in [0.1, 0.15) is 31.7 Å². The lowest BCUT2D eigenvalue weighted by atomic mass is 9.75. The summed E-state index contributed by atoms with van der Waals surface area (Å²) in [5.41, 5.74) is 1.34. The molecule has 2 rings (SSSR count). The van der Waals surface area contributed by atoms with Gasteiger partial charge in [0.05, 0.1) is 14.2 Å². The Bertz CT molecular complexity index is 395. The number of hydrogen-bond acceptors (Lipinski definition) is 3. The van der Waals surface area contributed by atoms with Crippen molar-refractivity contribution in [1.82, 2.24) is 5.32 Å². The van der Waals surface area contributed by atoms with Crippen LogP contribution in [0.15, 0.2) is 18.2 Å². The van der Waals surface area contributed by atoms with E-state index >= 15 is 0 Å². The Morgan fingerprint density at radius 3 is 2.26 bits per heavy atom. The molecule has 1 N–H and O–H groups in total. The minimum absolute atomic E-state index is 0.588. The second-order valence-corrected chi connectivity index (χ2v) is 5.65. The molecule has 1 fully saturated rings. The molecule has 0 spiro atoms. The molecule has 3 nitrogen and oxygen atoms in total. The Kier molecular flexibility index (Phi) is 4.70. The van der Waals surface area contributed by atoms with E-state index in [-0.39, 0.29) is 0 Å². The predicted molar refractivity (Wildman–Crippen MR) is 78.1 cm³/mol. The third-order valence-corrected chi connectivity index (χ3v) is 4.19. The van der Waals surface area contributed by atoms with Gasteiger partial charge >= 0.3 is 0 Å². The van der Waals surface area contributed by atoms with Crippen molar-refractivity contribution in [2.24, 2.45) is 11.8 Å². The zero-order valence-corrected chi connectivity index (χ0v) is 12.4. The first kappa shape index (κ1) is 14.2. The summed E-state index contributed by atoms with van der Waals surface area (Å²) in [6.45, 7) is 6.80. The molecular formula is C16H25NO2. The van der Waals surface area contributed by atoms with Crippen LogP contribution in [0.25, 0.3) is 0 Å². The topological polar surface area (TPSA) is 30.5 Å². The van der Waals surface area contributed by atoms with Gasteiger partial charge in [-0.25, -0.2) is 0 Å². The Morgan fingerprint density at radius 2 is 1.74 bits per heavy atom. The van der Waals surface area contributed by atoms with E-state index in [0.29, 0.717) is 17.8 Å². The molecule has 1 aromatic rings. The highest BCUT2D eigenvalue weighted by atomic mass is 16.5. The van der Waals surface area contributed by atoms with Gasteiger partial charge in [-0.15, -0.1) is 0 Å². The molecule has 1 aliphatic heterocycles. The third kappa shape index (κ3) is 3.21. The first-order chi connectivity index (χ1) is 9.15. The highest BCUT2D eigenvalue weighted by Crippen LogP contribution is 2.37. The fraction of sp³-hybridized carbons (Fsp3) is 0.625. The van der Waals surface area contributed by atoms with E-state index in [0.717, 1.165) is 24.6 Å². The Morgan fingerprint density at radius 1 is 1.11 bits per heavy atom. The molecule has 2 atom stereocenters. The number of piperidine rings is 1. The van der Waals surface area contributed by atoms with E-state index in [1.807, 2.05) is 6.07 Å². The van der Waals surface area contributed by atoms with Gasteiger partial charge in [0.15, 0.2) is 0 Å². The van der Waals surface area contributed by atoms with Crippen molar-refractivity contribution in [3.63, 3.8) is 0 Å². The zero-order chi connectivity index (χ0) is 13.8. The summed E-state index contributed by atoms with van der Waals surface area (Å²) in [5, 5.41) is 3.51. The van der Waals surface area contributed by atoms with Gasteiger partial charge in [-0.1, -0.05) is 13.8 Å². The lowest BCUT2D eigenvalue weighted by Gasteiger charge is -2.35. The first-order valence-electron chi connectivity index (χ1n) is 7.09. The van der Waals surface area contributed by atoms with Crippen LogP contribution in [-0.4, -0.2) is 27.3 Å². The van der Waals surface area contributed by atoms with Crippen LogP contribution in [0.4, 0.5) is 0 Å². The largest absolute Gasteiger partial charge is 0.497 e. The molecule has 1 saturated heterocycles. The molecule has 0 saturated carbocycles. The number of benzene rings is 1. The second kappa shape index (κ2) is 6.29. The van der Waals surface area contributed by atoms with Crippen LogP contribution < -0.4 is 14.8 Å². The number of rotatable bonds is 4. The monoisotopic (exact) mass is 263 g/mol. The lowest BCUT2D eigenvalue weighted by Crippen LogP contribution is -2.38. The van der Waals surface area contributed by atoms with E-state index in [1.165, 1.54) is 12.0 Å². The molecule has 1 heterocycles. The van der Waals surface area contributed by atoms with Gasteiger partial charge in [-0.05, 0) is 55.0 Å². The lowest BCUT2D eigenvalue weighted by molar-refractivity contribution is 0.254. The minimum Gasteiger partial charge on any atom is -0.497 e. The van der Waals surface area contributed by atoms with Crippen LogP contribution in [0.3, 0.4) is 0 Å². The molecule has 0 radical (unpaired) electrons. The summed E-state index contributed by atoms with van der Waals surface area (Å²) < 4.78 is 10.8. The van der Waals surface area contributed by atoms with E-state index < -0.39 is 0 Å². The normalized spacial score (nSPS) is 23.4. The van der Waals surface area contributed by atoms with Crippen molar-refractivity contribution in [3.8, 4) is 11.5 Å². The minimum atomic E-state index is 0.588. The van der Waals surface area contributed by atoms with Crippen molar-refractivity contribution in [3.05, 3.63) is 23.8 Å². The fourth-order valence-electron chi connectivity index (χ4n) is 3.04. The Balaban J connectivity index is 2.32. The molecule has 106 valence electrons. The second-order valence-electron chi connectivity index (χ2n) is 5.65. The average molecular weight is 263 g/mol. The fourth-order valence-corrected chi connectivity index (χ4v) is 3.04. The van der Waals surface area contributed by atoms with E-state index in [2.05, 4.69) is 31.3 Å². The summed E-state index contributed by atoms with van der Waals surface area (Å²) in [6, 6.07) is 6.26. The number of methoxy groups -OCH3 is 2. The molecule has 0 aliphatic carbocycles. The summed E-state index contributed by atoms with van der Waals surface area (Å²) in [4.78, 5) is 0. The zero-order valence-electron chi connectivity index (χ0n) is 12.4. The van der Waals surface area contributed by atoms with Crippen LogP contribution in [0.2, 0.25) is 0 Å². The standard InChI is InChI=1S/C16H25NO2/c1-11(2)16-10-17-6-5-15(16)12-7-13(18-3)9-14(8-12)19-4/h7-9,11,15-17H,5-6,10H2,1-4H3. The van der Waals surface area contributed by atoms with Gasteiger partial charge in [0.1, 0.15) is 11.5 Å². The maximum Gasteiger partial charge on any atom is 0.122 e. The first-order valence-corrected chi connectivity index (χ1v) is 7.09. The van der Waals surface area contributed by atoms with Crippen molar-refractivity contribution >= 4 is 0 Å². The van der Waals surface area contributed by atoms with E-state index in [1.54, 1.807) is 14.2 Å².